The smallest absolute Gasteiger partial charge is 0.407 e. The molecule has 7 nitrogen and oxygen atoms in total. The fraction of sp³-hybridized carbons (Fsp3) is 0.444. The zero-order valence-corrected chi connectivity index (χ0v) is 19.5. The van der Waals surface area contributed by atoms with Crippen molar-refractivity contribution in [2.24, 2.45) is 11.8 Å². The van der Waals surface area contributed by atoms with Gasteiger partial charge in [-0.25, -0.2) is 4.79 Å². The van der Waals surface area contributed by atoms with Gasteiger partial charge in [0.15, 0.2) is 0 Å². The number of hydrogen-bond acceptors (Lipinski definition) is 4. The molecule has 3 N–H and O–H groups in total. The molecule has 0 aromatic heterocycles. The number of fused-ring (bicyclic) bond motifs is 3. The van der Waals surface area contributed by atoms with Crippen LogP contribution in [0.3, 0.4) is 0 Å². The van der Waals surface area contributed by atoms with Crippen LogP contribution in [0.2, 0.25) is 0 Å². The van der Waals surface area contributed by atoms with E-state index in [1.807, 2.05) is 24.3 Å². The first-order valence-electron chi connectivity index (χ1n) is 12.1. The van der Waals surface area contributed by atoms with Crippen LogP contribution in [-0.2, 0) is 14.3 Å². The monoisotopic (exact) mass is 464 g/mol. The van der Waals surface area contributed by atoms with Gasteiger partial charge in [-0.05, 0) is 53.9 Å². The maximum atomic E-state index is 12.8. The van der Waals surface area contributed by atoms with Crippen molar-refractivity contribution >= 4 is 18.0 Å². The zero-order valence-electron chi connectivity index (χ0n) is 19.5. The number of aliphatic carboxylic acids is 1. The van der Waals surface area contributed by atoms with Crippen molar-refractivity contribution in [3.05, 3.63) is 59.7 Å². The lowest BCUT2D eigenvalue weighted by Crippen LogP contribution is -2.53. The van der Waals surface area contributed by atoms with Gasteiger partial charge in [0, 0.05) is 12.5 Å². The first kappa shape index (κ1) is 23.8. The van der Waals surface area contributed by atoms with Crippen molar-refractivity contribution in [1.29, 1.82) is 0 Å². The molecule has 0 aliphatic heterocycles. The Balaban J connectivity index is 1.32. The molecule has 2 atom stereocenters. The first-order chi connectivity index (χ1) is 16.5. The van der Waals surface area contributed by atoms with Crippen LogP contribution in [0.15, 0.2) is 48.5 Å². The summed E-state index contributed by atoms with van der Waals surface area (Å²) in [5.74, 6) is -1.46. The standard InChI is InChI=1S/C27H32N2O5/c1-17(26(31)32)8-7-15-28-25(30)24(18-9-6-10-18)29-27(33)34-16-23-21-13-4-2-11-19(21)20-12-3-5-14-22(20)23/h2-5,11-14,17-18,23-24H,6-10,15-16H2,1H3,(H,28,30)(H,29,33)(H,31,32). The fourth-order valence-corrected chi connectivity index (χ4v) is 4.79. The van der Waals surface area contributed by atoms with E-state index in [2.05, 4.69) is 34.9 Å². The van der Waals surface area contributed by atoms with Crippen LogP contribution in [0.5, 0.6) is 0 Å². The molecule has 2 amide bonds. The molecule has 1 saturated carbocycles. The number of hydrogen-bond donors (Lipinski definition) is 3. The highest BCUT2D eigenvalue weighted by molar-refractivity contribution is 5.86. The van der Waals surface area contributed by atoms with E-state index in [1.54, 1.807) is 6.92 Å². The van der Waals surface area contributed by atoms with Crippen molar-refractivity contribution in [3.63, 3.8) is 0 Å². The van der Waals surface area contributed by atoms with Gasteiger partial charge in [-0.2, -0.15) is 0 Å². The lowest BCUT2D eigenvalue weighted by Gasteiger charge is -2.33. The molecule has 180 valence electrons. The maximum Gasteiger partial charge on any atom is 0.407 e. The Morgan fingerprint density at radius 1 is 1.03 bits per heavy atom. The van der Waals surface area contributed by atoms with Crippen molar-refractivity contribution < 1.29 is 24.2 Å². The molecule has 2 aromatic rings. The number of carboxylic acid groups (broad SMARTS) is 1. The van der Waals surface area contributed by atoms with Gasteiger partial charge < -0.3 is 20.5 Å². The number of rotatable bonds is 10. The topological polar surface area (TPSA) is 105 Å². The van der Waals surface area contributed by atoms with Crippen LogP contribution in [0, 0.1) is 11.8 Å². The molecule has 4 rings (SSSR count). The Hall–Kier alpha value is -3.35. The van der Waals surface area contributed by atoms with Crippen molar-refractivity contribution in [3.8, 4) is 11.1 Å². The lowest BCUT2D eigenvalue weighted by atomic mass is 9.79. The average molecular weight is 465 g/mol. The molecule has 2 aromatic carbocycles. The predicted octanol–water partition coefficient (Wildman–Crippen LogP) is 4.31. The summed E-state index contributed by atoms with van der Waals surface area (Å²) in [6, 6.07) is 15.7. The van der Waals surface area contributed by atoms with Gasteiger partial charge in [0.2, 0.25) is 5.91 Å². The fourth-order valence-electron chi connectivity index (χ4n) is 4.79. The molecule has 0 spiro atoms. The molecule has 2 aliphatic rings. The number of carbonyl (C=O) groups is 3. The van der Waals surface area contributed by atoms with Crippen molar-refractivity contribution in [2.75, 3.05) is 13.2 Å². The Kier molecular flexibility index (Phi) is 7.50. The average Bonchev–Trinajstić information content (AvgIpc) is 3.12. The van der Waals surface area contributed by atoms with E-state index < -0.39 is 24.0 Å². The molecule has 1 fully saturated rings. The highest BCUT2D eigenvalue weighted by atomic mass is 16.5. The van der Waals surface area contributed by atoms with E-state index >= 15 is 0 Å². The second-order valence-electron chi connectivity index (χ2n) is 9.31. The summed E-state index contributed by atoms with van der Waals surface area (Å²) in [5.41, 5.74) is 4.60. The summed E-state index contributed by atoms with van der Waals surface area (Å²) in [6.07, 6.45) is 3.28. The third-order valence-electron chi connectivity index (χ3n) is 7.06. The Labute approximate surface area is 199 Å². The quantitative estimate of drug-likeness (QED) is 0.455. The molecule has 2 unspecified atom stereocenters. The summed E-state index contributed by atoms with van der Waals surface area (Å²) in [4.78, 5) is 36.4. The number of benzene rings is 2. The minimum absolute atomic E-state index is 0.0367. The SMILES string of the molecule is CC(CCCNC(=O)C(NC(=O)OCC1c2ccccc2-c2ccccc21)C1CCC1)C(=O)O. The van der Waals surface area contributed by atoms with E-state index in [4.69, 9.17) is 9.84 Å². The van der Waals surface area contributed by atoms with Crippen LogP contribution in [0.25, 0.3) is 11.1 Å². The number of ether oxygens (including phenoxy) is 1. The van der Waals surface area contributed by atoms with E-state index in [1.165, 1.54) is 0 Å². The molecule has 0 heterocycles. The normalized spacial score (nSPS) is 16.5. The van der Waals surface area contributed by atoms with Gasteiger partial charge in [-0.1, -0.05) is 61.9 Å². The summed E-state index contributed by atoms with van der Waals surface area (Å²) < 4.78 is 5.63. The van der Waals surface area contributed by atoms with Crippen molar-refractivity contribution in [1.82, 2.24) is 10.6 Å². The van der Waals surface area contributed by atoms with Crippen LogP contribution in [-0.4, -0.2) is 42.3 Å². The second-order valence-corrected chi connectivity index (χ2v) is 9.31. The third kappa shape index (κ3) is 5.24. The maximum absolute atomic E-state index is 12.8. The third-order valence-corrected chi connectivity index (χ3v) is 7.06. The minimum atomic E-state index is -0.837. The van der Waals surface area contributed by atoms with E-state index in [0.29, 0.717) is 19.4 Å². The number of amides is 2. The van der Waals surface area contributed by atoms with Gasteiger partial charge in [0.25, 0.3) is 0 Å². The Morgan fingerprint density at radius 3 is 2.21 bits per heavy atom. The second kappa shape index (κ2) is 10.7. The van der Waals surface area contributed by atoms with E-state index in [0.717, 1.165) is 41.5 Å². The Morgan fingerprint density at radius 2 is 1.65 bits per heavy atom. The number of carboxylic acids is 1. The largest absolute Gasteiger partial charge is 0.481 e. The zero-order chi connectivity index (χ0) is 24.1. The molecule has 2 aliphatic carbocycles. The number of carbonyl (C=O) groups excluding carboxylic acids is 2. The van der Waals surface area contributed by atoms with Crippen LogP contribution < -0.4 is 10.6 Å². The molecule has 7 heteroatoms. The van der Waals surface area contributed by atoms with Gasteiger partial charge in [0.05, 0.1) is 5.92 Å². The molecule has 0 bridgehead atoms. The van der Waals surface area contributed by atoms with Crippen LogP contribution in [0.4, 0.5) is 4.79 Å². The number of alkyl carbamates (subject to hydrolysis) is 1. The molecular formula is C27H32N2O5. The summed E-state index contributed by atoms with van der Waals surface area (Å²) in [6.45, 7) is 2.23. The van der Waals surface area contributed by atoms with Gasteiger partial charge in [-0.15, -0.1) is 0 Å². The summed E-state index contributed by atoms with van der Waals surface area (Å²) in [5, 5.41) is 14.6. The molecule has 0 saturated heterocycles. The predicted molar refractivity (Wildman–Crippen MR) is 128 cm³/mol. The van der Waals surface area contributed by atoms with Crippen LogP contribution in [0.1, 0.15) is 56.1 Å². The van der Waals surface area contributed by atoms with Gasteiger partial charge in [0.1, 0.15) is 12.6 Å². The highest BCUT2D eigenvalue weighted by Gasteiger charge is 2.35. The summed E-state index contributed by atoms with van der Waals surface area (Å²) in [7, 11) is 0. The molecule has 34 heavy (non-hydrogen) atoms. The van der Waals surface area contributed by atoms with Gasteiger partial charge >= 0.3 is 12.1 Å². The summed E-state index contributed by atoms with van der Waals surface area (Å²) >= 11 is 0. The number of nitrogens with one attached hydrogen (secondary N) is 2. The minimum Gasteiger partial charge on any atom is -0.481 e. The molecular weight excluding hydrogens is 432 g/mol. The van der Waals surface area contributed by atoms with E-state index in [-0.39, 0.29) is 24.3 Å². The highest BCUT2D eigenvalue weighted by Crippen LogP contribution is 2.44. The first-order valence-corrected chi connectivity index (χ1v) is 12.1. The van der Waals surface area contributed by atoms with Crippen LogP contribution >= 0.6 is 0 Å². The Bertz CT molecular complexity index is 1000. The lowest BCUT2D eigenvalue weighted by molar-refractivity contribution is -0.141. The molecule has 0 radical (unpaired) electrons. The van der Waals surface area contributed by atoms with Gasteiger partial charge in [-0.3, -0.25) is 9.59 Å². The van der Waals surface area contributed by atoms with Crippen molar-refractivity contribution in [2.45, 2.75) is 51.0 Å². The van der Waals surface area contributed by atoms with E-state index in [9.17, 15) is 14.4 Å².